The fourth-order valence-electron chi connectivity index (χ4n) is 3.09. The van der Waals surface area contributed by atoms with E-state index in [-0.39, 0.29) is 5.97 Å². The van der Waals surface area contributed by atoms with Crippen LogP contribution in [0.5, 0.6) is 0 Å². The first-order valence-corrected chi connectivity index (χ1v) is 7.98. The lowest BCUT2D eigenvalue weighted by Gasteiger charge is -2.33. The molecule has 23 heavy (non-hydrogen) atoms. The summed E-state index contributed by atoms with van der Waals surface area (Å²) in [5, 5.41) is 0. The molecule has 0 radical (unpaired) electrons. The first kappa shape index (κ1) is 15.6. The van der Waals surface area contributed by atoms with Gasteiger partial charge in [-0.15, -0.1) is 0 Å². The van der Waals surface area contributed by atoms with Crippen LogP contribution < -0.4 is 9.80 Å². The van der Waals surface area contributed by atoms with E-state index in [1.807, 2.05) is 12.1 Å². The number of rotatable bonds is 4. The normalized spacial score (nSPS) is 15.7. The van der Waals surface area contributed by atoms with Crippen molar-refractivity contribution < 1.29 is 18.8 Å². The third-order valence-corrected chi connectivity index (χ3v) is 4.39. The highest BCUT2D eigenvalue weighted by Gasteiger charge is 2.23. The van der Waals surface area contributed by atoms with Crippen LogP contribution in [0.25, 0.3) is 0 Å². The van der Waals surface area contributed by atoms with Crippen molar-refractivity contribution in [3.63, 3.8) is 0 Å². The van der Waals surface area contributed by atoms with E-state index in [1.54, 1.807) is 6.92 Å². The Morgan fingerprint density at radius 1 is 1.26 bits per heavy atom. The number of quaternary nitrogens is 1. The third-order valence-electron chi connectivity index (χ3n) is 4.39. The number of benzene rings is 1. The summed E-state index contributed by atoms with van der Waals surface area (Å²) in [6.07, 6.45) is 0. The highest BCUT2D eigenvalue weighted by molar-refractivity contribution is 5.90. The Bertz CT molecular complexity index is 658. The van der Waals surface area contributed by atoms with E-state index < -0.39 is 0 Å². The van der Waals surface area contributed by atoms with Gasteiger partial charge >= 0.3 is 5.97 Å². The summed E-state index contributed by atoms with van der Waals surface area (Å²) in [4.78, 5) is 15.5. The van der Waals surface area contributed by atoms with Gasteiger partial charge in [0.05, 0.1) is 33.3 Å². The molecule has 0 aliphatic carbocycles. The molecule has 0 saturated carbocycles. The Labute approximate surface area is 136 Å². The molecule has 3 rings (SSSR count). The second kappa shape index (κ2) is 6.87. The summed E-state index contributed by atoms with van der Waals surface area (Å²) in [5.41, 5.74) is 1.82. The number of ether oxygens (including phenoxy) is 1. The summed E-state index contributed by atoms with van der Waals surface area (Å²) in [6, 6.07) is 12.3. The van der Waals surface area contributed by atoms with Gasteiger partial charge in [-0.05, 0) is 19.1 Å². The number of furan rings is 1. The van der Waals surface area contributed by atoms with Crippen LogP contribution in [0.4, 0.5) is 5.69 Å². The van der Waals surface area contributed by atoms with Crippen LogP contribution in [0.1, 0.15) is 21.9 Å². The number of nitrogens with zero attached hydrogens (tertiary/aromatic N) is 1. The molecule has 1 fully saturated rings. The Morgan fingerprint density at radius 2 is 1.96 bits per heavy atom. The zero-order valence-electron chi connectivity index (χ0n) is 13.7. The Balaban J connectivity index is 1.58. The van der Waals surface area contributed by atoms with Gasteiger partial charge in [0.25, 0.3) is 0 Å². The molecule has 0 amide bonds. The molecule has 5 heteroatoms. The smallest absolute Gasteiger partial charge is 0.341 e. The molecule has 0 unspecified atom stereocenters. The fourth-order valence-corrected chi connectivity index (χ4v) is 3.09. The molecule has 122 valence electrons. The molecule has 1 N–H and O–H groups in total. The van der Waals surface area contributed by atoms with Gasteiger partial charge in [0.2, 0.25) is 0 Å². The van der Waals surface area contributed by atoms with Crippen LogP contribution in [0.15, 0.2) is 40.8 Å². The molecular formula is C18H23N2O3+. The minimum Gasteiger partial charge on any atom is -0.465 e. The van der Waals surface area contributed by atoms with Crippen molar-refractivity contribution in [2.45, 2.75) is 13.5 Å². The molecule has 5 nitrogen and oxygen atoms in total. The number of methoxy groups -OCH3 is 1. The van der Waals surface area contributed by atoms with E-state index in [9.17, 15) is 4.79 Å². The second-order valence-corrected chi connectivity index (χ2v) is 5.92. The summed E-state index contributed by atoms with van der Waals surface area (Å²) >= 11 is 0. The van der Waals surface area contributed by atoms with Crippen LogP contribution >= 0.6 is 0 Å². The molecule has 1 aromatic carbocycles. The number of piperazine rings is 1. The number of para-hydroxylation sites is 1. The summed E-state index contributed by atoms with van der Waals surface area (Å²) < 4.78 is 10.5. The van der Waals surface area contributed by atoms with E-state index >= 15 is 0 Å². The summed E-state index contributed by atoms with van der Waals surface area (Å²) in [6.45, 7) is 6.79. The fraction of sp³-hybridized carbons (Fsp3) is 0.389. The maximum Gasteiger partial charge on any atom is 0.341 e. The first-order valence-electron chi connectivity index (χ1n) is 7.98. The minimum atomic E-state index is -0.332. The van der Waals surface area contributed by atoms with E-state index in [0.29, 0.717) is 11.3 Å². The highest BCUT2D eigenvalue weighted by atomic mass is 16.5. The zero-order valence-corrected chi connectivity index (χ0v) is 13.7. The van der Waals surface area contributed by atoms with Crippen molar-refractivity contribution in [2.75, 3.05) is 38.2 Å². The maximum atomic E-state index is 11.6. The number of esters is 1. The molecule has 0 atom stereocenters. The number of carbonyl (C=O) groups excluding carboxylic acids is 1. The molecular weight excluding hydrogens is 292 g/mol. The van der Waals surface area contributed by atoms with Crippen LogP contribution in [0.2, 0.25) is 0 Å². The van der Waals surface area contributed by atoms with Crippen molar-refractivity contribution >= 4 is 11.7 Å². The van der Waals surface area contributed by atoms with E-state index in [4.69, 9.17) is 9.15 Å². The first-order chi connectivity index (χ1) is 11.2. The average molecular weight is 315 g/mol. The number of carbonyl (C=O) groups is 1. The lowest BCUT2D eigenvalue weighted by Crippen LogP contribution is -3.13. The van der Waals surface area contributed by atoms with Gasteiger partial charge < -0.3 is 19.0 Å². The van der Waals surface area contributed by atoms with Crippen molar-refractivity contribution in [3.8, 4) is 0 Å². The molecule has 2 aromatic rings. The Kier molecular flexibility index (Phi) is 4.67. The van der Waals surface area contributed by atoms with Crippen molar-refractivity contribution in [1.82, 2.24) is 0 Å². The van der Waals surface area contributed by atoms with Crippen LogP contribution in [0.3, 0.4) is 0 Å². The summed E-state index contributed by atoms with van der Waals surface area (Å²) in [7, 11) is 1.39. The molecule has 1 saturated heterocycles. The lowest BCUT2D eigenvalue weighted by atomic mass is 10.2. The van der Waals surface area contributed by atoms with Gasteiger partial charge in [-0.3, -0.25) is 0 Å². The summed E-state index contributed by atoms with van der Waals surface area (Å²) in [5.74, 6) is 1.15. The standard InChI is InChI=1S/C18H22N2O3/c1-14-17(18(21)22-2)12-16(23-14)13-19-8-10-20(11-9-19)15-6-4-3-5-7-15/h3-7,12H,8-11,13H2,1-2H3/p+1. The van der Waals surface area contributed by atoms with E-state index in [2.05, 4.69) is 29.2 Å². The highest BCUT2D eigenvalue weighted by Crippen LogP contribution is 2.15. The minimum absolute atomic E-state index is 0.332. The average Bonchev–Trinajstić information content (AvgIpc) is 2.96. The molecule has 1 aliphatic heterocycles. The van der Waals surface area contributed by atoms with Crippen molar-refractivity contribution in [1.29, 1.82) is 0 Å². The Hall–Kier alpha value is -2.27. The molecule has 1 aromatic heterocycles. The maximum absolute atomic E-state index is 11.6. The molecule has 0 bridgehead atoms. The van der Waals surface area contributed by atoms with Crippen LogP contribution in [-0.2, 0) is 11.3 Å². The van der Waals surface area contributed by atoms with E-state index in [1.165, 1.54) is 17.7 Å². The Morgan fingerprint density at radius 3 is 2.61 bits per heavy atom. The predicted octanol–water partition coefficient (Wildman–Crippen LogP) is 1.28. The quantitative estimate of drug-likeness (QED) is 0.864. The van der Waals surface area contributed by atoms with Gasteiger partial charge in [0.1, 0.15) is 17.9 Å². The predicted molar refractivity (Wildman–Crippen MR) is 87.8 cm³/mol. The van der Waals surface area contributed by atoms with Crippen molar-refractivity contribution in [2.24, 2.45) is 0 Å². The third kappa shape index (κ3) is 3.56. The van der Waals surface area contributed by atoms with Crippen LogP contribution in [-0.4, -0.2) is 39.3 Å². The molecule has 1 aliphatic rings. The zero-order chi connectivity index (χ0) is 16.2. The second-order valence-electron chi connectivity index (χ2n) is 5.92. The van der Waals surface area contributed by atoms with Gasteiger partial charge in [-0.25, -0.2) is 4.79 Å². The molecule has 0 spiro atoms. The molecule has 2 heterocycles. The van der Waals surface area contributed by atoms with Gasteiger partial charge in [-0.2, -0.15) is 0 Å². The number of nitrogens with one attached hydrogen (secondary N) is 1. The topological polar surface area (TPSA) is 47.1 Å². The largest absolute Gasteiger partial charge is 0.465 e. The lowest BCUT2D eigenvalue weighted by molar-refractivity contribution is -0.915. The number of hydrogen-bond acceptors (Lipinski definition) is 4. The monoisotopic (exact) mass is 315 g/mol. The van der Waals surface area contributed by atoms with E-state index in [0.717, 1.165) is 38.5 Å². The van der Waals surface area contributed by atoms with Gasteiger partial charge in [-0.1, -0.05) is 18.2 Å². The number of hydrogen-bond donors (Lipinski definition) is 1. The van der Waals surface area contributed by atoms with Gasteiger partial charge in [0.15, 0.2) is 5.76 Å². The number of anilines is 1. The van der Waals surface area contributed by atoms with Crippen molar-refractivity contribution in [3.05, 3.63) is 53.5 Å². The van der Waals surface area contributed by atoms with Gasteiger partial charge in [0, 0.05) is 11.8 Å². The number of aryl methyl sites for hydroxylation is 1. The van der Waals surface area contributed by atoms with Crippen LogP contribution in [0, 0.1) is 6.92 Å². The SMILES string of the molecule is COC(=O)c1cc(C[NH+]2CCN(c3ccccc3)CC2)oc1C.